The number of thioether (sulfide) groups is 1. The summed E-state index contributed by atoms with van der Waals surface area (Å²) in [5.41, 5.74) is -0.722. The summed E-state index contributed by atoms with van der Waals surface area (Å²) in [6, 6.07) is 0. The van der Waals surface area contributed by atoms with Crippen LogP contribution in [0.4, 0.5) is 0 Å². The van der Waals surface area contributed by atoms with Crippen LogP contribution in [0.15, 0.2) is 0 Å². The van der Waals surface area contributed by atoms with Crippen molar-refractivity contribution in [3.63, 3.8) is 0 Å². The fourth-order valence-corrected chi connectivity index (χ4v) is 1.90. The van der Waals surface area contributed by atoms with Crippen molar-refractivity contribution >= 4 is 23.7 Å². The van der Waals surface area contributed by atoms with Crippen LogP contribution >= 0.6 is 11.8 Å². The highest BCUT2D eigenvalue weighted by Crippen LogP contribution is 2.26. The molecular formula is C9H14O6S. The van der Waals surface area contributed by atoms with Gasteiger partial charge in [0.05, 0.1) is 12.9 Å². The number of esters is 2. The van der Waals surface area contributed by atoms with Gasteiger partial charge in [0, 0.05) is 7.11 Å². The van der Waals surface area contributed by atoms with Crippen molar-refractivity contribution in [3.05, 3.63) is 0 Å². The SMILES string of the molecule is COC(=O)[C@@H]1O[C@@H](OC(=O)[C@@H](C)OC)CS1. The van der Waals surface area contributed by atoms with E-state index in [9.17, 15) is 9.59 Å². The molecule has 0 unspecified atom stereocenters. The van der Waals surface area contributed by atoms with E-state index in [-0.39, 0.29) is 0 Å². The maximum Gasteiger partial charge on any atom is 0.345 e. The Labute approximate surface area is 97.6 Å². The molecule has 0 aromatic heterocycles. The van der Waals surface area contributed by atoms with Crippen molar-refractivity contribution in [1.29, 1.82) is 0 Å². The van der Waals surface area contributed by atoms with Gasteiger partial charge in [0.1, 0.15) is 0 Å². The van der Waals surface area contributed by atoms with Crippen LogP contribution < -0.4 is 0 Å². The zero-order valence-corrected chi connectivity index (χ0v) is 10.1. The summed E-state index contributed by atoms with van der Waals surface area (Å²) in [4.78, 5) is 22.4. The molecule has 1 rings (SSSR count). The van der Waals surface area contributed by atoms with Crippen molar-refractivity contribution in [2.24, 2.45) is 0 Å². The van der Waals surface area contributed by atoms with Gasteiger partial charge in [-0.3, -0.25) is 0 Å². The Morgan fingerprint density at radius 2 is 2.12 bits per heavy atom. The van der Waals surface area contributed by atoms with Gasteiger partial charge in [-0.15, -0.1) is 11.8 Å². The van der Waals surface area contributed by atoms with E-state index in [1.807, 2.05) is 0 Å². The summed E-state index contributed by atoms with van der Waals surface area (Å²) < 4.78 is 19.4. The Bertz CT molecular complexity index is 269. The fraction of sp³-hybridized carbons (Fsp3) is 0.778. The van der Waals surface area contributed by atoms with Crippen LogP contribution in [0.1, 0.15) is 6.92 Å². The highest BCUT2D eigenvalue weighted by Gasteiger charge is 2.35. The summed E-state index contributed by atoms with van der Waals surface area (Å²) in [6.07, 6.45) is -1.37. The first-order valence-electron chi connectivity index (χ1n) is 4.66. The molecule has 0 radical (unpaired) electrons. The molecule has 92 valence electrons. The minimum absolute atomic E-state index is 0.405. The minimum atomic E-state index is -0.723. The van der Waals surface area contributed by atoms with Gasteiger partial charge in [-0.2, -0.15) is 0 Å². The number of hydrogen-bond acceptors (Lipinski definition) is 7. The Hall–Kier alpha value is -0.790. The van der Waals surface area contributed by atoms with Gasteiger partial charge in [-0.25, -0.2) is 9.59 Å². The molecule has 0 bridgehead atoms. The number of methoxy groups -OCH3 is 2. The largest absolute Gasteiger partial charge is 0.466 e. The predicted octanol–water partition coefficient (Wildman–Crippen LogP) is 0.153. The standard InChI is InChI=1S/C9H14O6S/c1-5(12-2)7(10)14-6-4-16-9(15-6)8(11)13-3/h5-6,9H,4H2,1-3H3/t5-,6-,9-/m1/s1. The lowest BCUT2D eigenvalue weighted by Gasteiger charge is -2.14. The molecule has 1 fully saturated rings. The third kappa shape index (κ3) is 3.36. The average Bonchev–Trinajstić information content (AvgIpc) is 2.75. The summed E-state index contributed by atoms with van der Waals surface area (Å²) in [7, 11) is 2.69. The maximum atomic E-state index is 11.3. The molecule has 0 aromatic carbocycles. The van der Waals surface area contributed by atoms with E-state index < -0.39 is 29.8 Å². The van der Waals surface area contributed by atoms with Crippen molar-refractivity contribution in [3.8, 4) is 0 Å². The Balaban J connectivity index is 2.37. The van der Waals surface area contributed by atoms with E-state index in [4.69, 9.17) is 14.2 Å². The molecule has 7 heteroatoms. The van der Waals surface area contributed by atoms with Gasteiger partial charge >= 0.3 is 11.9 Å². The van der Waals surface area contributed by atoms with Crippen LogP contribution in [-0.4, -0.2) is 49.7 Å². The molecule has 3 atom stereocenters. The molecule has 1 saturated heterocycles. The zero-order chi connectivity index (χ0) is 12.1. The van der Waals surface area contributed by atoms with Crippen LogP contribution in [0, 0.1) is 0 Å². The summed E-state index contributed by atoms with van der Waals surface area (Å²) in [6.45, 7) is 1.57. The zero-order valence-electron chi connectivity index (χ0n) is 9.30. The fourth-order valence-electron chi connectivity index (χ4n) is 0.986. The lowest BCUT2D eigenvalue weighted by Crippen LogP contribution is -2.29. The van der Waals surface area contributed by atoms with Crippen molar-refractivity contribution < 1.29 is 28.5 Å². The molecule has 0 saturated carbocycles. The molecule has 1 aliphatic heterocycles. The van der Waals surface area contributed by atoms with Crippen molar-refractivity contribution in [1.82, 2.24) is 0 Å². The molecular weight excluding hydrogens is 236 g/mol. The first-order valence-corrected chi connectivity index (χ1v) is 5.71. The van der Waals surface area contributed by atoms with Gasteiger partial charge in [0.25, 0.3) is 0 Å². The average molecular weight is 250 g/mol. The van der Waals surface area contributed by atoms with Crippen LogP contribution in [-0.2, 0) is 28.5 Å². The van der Waals surface area contributed by atoms with E-state index in [2.05, 4.69) is 4.74 Å². The Kier molecular flexibility index (Phi) is 5.04. The monoisotopic (exact) mass is 250 g/mol. The third-order valence-corrected chi connectivity index (χ3v) is 3.06. The minimum Gasteiger partial charge on any atom is -0.466 e. The van der Waals surface area contributed by atoms with Gasteiger partial charge < -0.3 is 18.9 Å². The van der Waals surface area contributed by atoms with E-state index in [1.54, 1.807) is 6.92 Å². The first-order chi connectivity index (χ1) is 7.58. The molecule has 0 aromatic rings. The molecule has 1 aliphatic rings. The number of hydrogen-bond donors (Lipinski definition) is 0. The predicted molar refractivity (Wildman–Crippen MR) is 55.7 cm³/mol. The van der Waals surface area contributed by atoms with Gasteiger partial charge in [0.2, 0.25) is 11.7 Å². The van der Waals surface area contributed by atoms with E-state index in [1.165, 1.54) is 26.0 Å². The summed E-state index contributed by atoms with van der Waals surface area (Å²) in [5.74, 6) is -0.593. The topological polar surface area (TPSA) is 71.1 Å². The van der Waals surface area contributed by atoms with Crippen LogP contribution in [0.5, 0.6) is 0 Å². The van der Waals surface area contributed by atoms with Crippen LogP contribution in [0.25, 0.3) is 0 Å². The van der Waals surface area contributed by atoms with Crippen LogP contribution in [0.3, 0.4) is 0 Å². The van der Waals surface area contributed by atoms with Crippen molar-refractivity contribution in [2.75, 3.05) is 20.0 Å². The number of ether oxygens (including phenoxy) is 4. The van der Waals surface area contributed by atoms with Gasteiger partial charge in [0.15, 0.2) is 6.10 Å². The number of carbonyl (C=O) groups is 2. The van der Waals surface area contributed by atoms with E-state index >= 15 is 0 Å². The normalized spacial score (nSPS) is 26.2. The molecule has 0 N–H and O–H groups in total. The van der Waals surface area contributed by atoms with Crippen molar-refractivity contribution in [2.45, 2.75) is 24.8 Å². The van der Waals surface area contributed by atoms with E-state index in [0.29, 0.717) is 5.75 Å². The second-order valence-corrected chi connectivity index (χ2v) is 4.16. The lowest BCUT2D eigenvalue weighted by atomic mass is 10.4. The molecule has 16 heavy (non-hydrogen) atoms. The van der Waals surface area contributed by atoms with E-state index in [0.717, 1.165) is 0 Å². The highest BCUT2D eigenvalue weighted by atomic mass is 32.2. The lowest BCUT2D eigenvalue weighted by molar-refractivity contribution is -0.188. The molecule has 1 heterocycles. The second-order valence-electron chi connectivity index (χ2n) is 3.07. The second kappa shape index (κ2) is 6.07. The Morgan fingerprint density at radius 3 is 2.69 bits per heavy atom. The number of rotatable bonds is 4. The summed E-state index contributed by atoms with van der Waals surface area (Å²) >= 11 is 1.23. The van der Waals surface area contributed by atoms with Crippen LogP contribution in [0.2, 0.25) is 0 Å². The first kappa shape index (κ1) is 13.3. The third-order valence-electron chi connectivity index (χ3n) is 1.99. The van der Waals surface area contributed by atoms with Gasteiger partial charge in [-0.1, -0.05) is 0 Å². The highest BCUT2D eigenvalue weighted by molar-refractivity contribution is 8.00. The van der Waals surface area contributed by atoms with Gasteiger partial charge in [-0.05, 0) is 6.92 Å². The quantitative estimate of drug-likeness (QED) is 0.658. The molecule has 0 spiro atoms. The smallest absolute Gasteiger partial charge is 0.345 e. The summed E-state index contributed by atoms with van der Waals surface area (Å²) in [5, 5.41) is 0. The maximum absolute atomic E-state index is 11.3. The molecule has 6 nitrogen and oxygen atoms in total. The number of carbonyl (C=O) groups excluding carboxylic acids is 2. The Morgan fingerprint density at radius 1 is 1.44 bits per heavy atom. The molecule has 0 aliphatic carbocycles. The molecule has 0 amide bonds.